The number of rotatable bonds is 20. The standard InChI is InChI=1S/2C24H30ClFN10O3/c2*25-23-29-19(32-33-22(37)15(12-28-24(38)39)11-14-5-1-2-6-14)18(26)21(30-23)35-10-4-7-16(35)13-36-20-17(31-34-36)8-3-9-27-20/h2*3,8-9,14-16,28H,1-2,4-7,10-13H2,(H,33,37)(H,38,39)(H,29,30,32)/t2*15-,16+/m11/s1. The molecule has 10 rings (SSSR count). The highest BCUT2D eigenvalue weighted by molar-refractivity contribution is 6.28. The van der Waals surface area contributed by atoms with Crippen molar-refractivity contribution in [3.8, 4) is 0 Å². The maximum Gasteiger partial charge on any atom is 0.404 e. The Kier molecular flexibility index (Phi) is 18.2. The van der Waals surface area contributed by atoms with E-state index in [1.165, 1.54) is 0 Å². The van der Waals surface area contributed by atoms with Crippen molar-refractivity contribution in [1.29, 1.82) is 0 Å². The van der Waals surface area contributed by atoms with Gasteiger partial charge in [0.2, 0.25) is 34.0 Å². The summed E-state index contributed by atoms with van der Waals surface area (Å²) >= 11 is 12.3. The van der Waals surface area contributed by atoms with Crippen LogP contribution >= 0.6 is 23.2 Å². The Balaban J connectivity index is 0.000000190. The summed E-state index contributed by atoms with van der Waals surface area (Å²) in [5.41, 5.74) is 12.7. The molecular formula is C48H60Cl2F2N20O6. The second kappa shape index (κ2) is 25.7. The Hall–Kier alpha value is -7.62. The van der Waals surface area contributed by atoms with E-state index in [-0.39, 0.29) is 59.0 Å². The molecule has 2 aliphatic heterocycles. The van der Waals surface area contributed by atoms with Crippen LogP contribution in [0.15, 0.2) is 36.7 Å². The number of halogens is 4. The van der Waals surface area contributed by atoms with E-state index < -0.39 is 47.5 Å². The molecule has 0 bridgehead atoms. The van der Waals surface area contributed by atoms with E-state index >= 15 is 8.78 Å². The van der Waals surface area contributed by atoms with Gasteiger partial charge in [-0.05, 0) is 97.8 Å². The fourth-order valence-electron chi connectivity index (χ4n) is 11.0. The van der Waals surface area contributed by atoms with Crippen molar-refractivity contribution < 1.29 is 38.2 Å². The van der Waals surface area contributed by atoms with Crippen LogP contribution in [0.3, 0.4) is 0 Å². The second-order valence-corrected chi connectivity index (χ2v) is 20.6. The van der Waals surface area contributed by atoms with Gasteiger partial charge in [0.1, 0.15) is 11.0 Å². The lowest BCUT2D eigenvalue weighted by Crippen LogP contribution is -2.42. The zero-order chi connectivity index (χ0) is 54.7. The van der Waals surface area contributed by atoms with Gasteiger partial charge in [0.25, 0.3) is 0 Å². The number of hydrogen-bond acceptors (Lipinski definition) is 18. The number of nitrogens with one attached hydrogen (secondary N) is 6. The minimum atomic E-state index is -1.21. The van der Waals surface area contributed by atoms with Gasteiger partial charge in [-0.2, -0.15) is 28.7 Å². The Morgan fingerprint density at radius 1 is 0.603 bits per heavy atom. The third kappa shape index (κ3) is 13.7. The zero-order valence-corrected chi connectivity index (χ0v) is 43.9. The monoisotopic (exact) mass is 1120 g/mol. The van der Waals surface area contributed by atoms with Gasteiger partial charge in [0.15, 0.2) is 34.6 Å². The number of anilines is 4. The number of amides is 4. The molecule has 2 aliphatic carbocycles. The molecule has 30 heteroatoms. The number of hydrogen-bond donors (Lipinski definition) is 8. The number of pyridine rings is 2. The van der Waals surface area contributed by atoms with Crippen LogP contribution in [0, 0.1) is 35.3 Å². The van der Waals surface area contributed by atoms with Crippen LogP contribution in [0.2, 0.25) is 10.6 Å². The molecule has 2 saturated heterocycles. The first kappa shape index (κ1) is 55.1. The number of carbonyl (C=O) groups excluding carboxylic acids is 2. The summed E-state index contributed by atoms with van der Waals surface area (Å²) < 4.78 is 34.7. The average Bonchev–Trinajstić information content (AvgIpc) is 4.32. The van der Waals surface area contributed by atoms with Crippen LogP contribution in [0.5, 0.6) is 0 Å². The van der Waals surface area contributed by atoms with Gasteiger partial charge in [-0.25, -0.2) is 28.9 Å². The molecule has 6 aromatic heterocycles. The van der Waals surface area contributed by atoms with Crippen molar-refractivity contribution in [2.45, 2.75) is 115 Å². The number of carbonyl (C=O) groups is 4. The van der Waals surface area contributed by atoms with Gasteiger partial charge < -0.3 is 30.6 Å². The fraction of sp³-hybridized carbons (Fsp3) is 0.542. The van der Waals surface area contributed by atoms with Gasteiger partial charge in [-0.15, -0.1) is 10.2 Å². The van der Waals surface area contributed by atoms with Crippen LogP contribution < -0.4 is 42.1 Å². The summed E-state index contributed by atoms with van der Waals surface area (Å²) in [6, 6.07) is 6.94. The summed E-state index contributed by atoms with van der Waals surface area (Å²) in [4.78, 5) is 76.4. The Morgan fingerprint density at radius 3 is 1.41 bits per heavy atom. The van der Waals surface area contributed by atoms with Crippen molar-refractivity contribution in [1.82, 2.24) is 81.4 Å². The smallest absolute Gasteiger partial charge is 0.404 e. The van der Waals surface area contributed by atoms with E-state index in [1.807, 2.05) is 21.9 Å². The summed E-state index contributed by atoms with van der Waals surface area (Å²) in [6.07, 6.45) is 13.5. The molecule has 4 atom stereocenters. The zero-order valence-electron chi connectivity index (χ0n) is 42.4. The maximum atomic E-state index is 15.7. The summed E-state index contributed by atoms with van der Waals surface area (Å²) in [7, 11) is 0. The lowest BCUT2D eigenvalue weighted by molar-refractivity contribution is -0.125. The van der Waals surface area contributed by atoms with Crippen molar-refractivity contribution in [2.75, 3.05) is 46.8 Å². The van der Waals surface area contributed by atoms with Crippen LogP contribution in [0.1, 0.15) is 89.9 Å². The van der Waals surface area contributed by atoms with Crippen LogP contribution in [-0.2, 0) is 22.7 Å². The third-order valence-electron chi connectivity index (χ3n) is 14.8. The molecule has 416 valence electrons. The first-order valence-corrected chi connectivity index (χ1v) is 26.9. The van der Waals surface area contributed by atoms with Crippen LogP contribution in [-0.4, -0.2) is 132 Å². The quantitative estimate of drug-likeness (QED) is 0.0322. The molecular weight excluding hydrogens is 1060 g/mol. The highest BCUT2D eigenvalue weighted by atomic mass is 35.5. The molecule has 0 spiro atoms. The first-order chi connectivity index (χ1) is 37.8. The maximum absolute atomic E-state index is 15.7. The van der Waals surface area contributed by atoms with Gasteiger partial charge in [0, 0.05) is 38.6 Å². The molecule has 26 nitrogen and oxygen atoms in total. The number of hydrazine groups is 2. The molecule has 0 unspecified atom stereocenters. The first-order valence-electron chi connectivity index (χ1n) is 26.1. The molecule has 78 heavy (non-hydrogen) atoms. The molecule has 0 aromatic carbocycles. The number of nitrogens with zero attached hydrogens (tertiary/aromatic N) is 14. The predicted octanol–water partition coefficient (Wildman–Crippen LogP) is 5.97. The van der Waals surface area contributed by atoms with Crippen LogP contribution in [0.25, 0.3) is 22.3 Å². The highest BCUT2D eigenvalue weighted by Crippen LogP contribution is 2.35. The van der Waals surface area contributed by atoms with Crippen LogP contribution in [0.4, 0.5) is 41.6 Å². The molecule has 4 aliphatic rings. The van der Waals surface area contributed by atoms with E-state index in [0.29, 0.717) is 73.2 Å². The molecule has 4 amide bonds. The van der Waals surface area contributed by atoms with Gasteiger partial charge in [0.05, 0.1) is 37.0 Å². The molecule has 2 saturated carbocycles. The van der Waals surface area contributed by atoms with Gasteiger partial charge in [-0.3, -0.25) is 31.3 Å². The van der Waals surface area contributed by atoms with Crippen molar-refractivity contribution in [2.24, 2.45) is 23.7 Å². The molecule has 8 heterocycles. The Morgan fingerprint density at radius 2 is 1.01 bits per heavy atom. The normalized spacial score (nSPS) is 18.4. The van der Waals surface area contributed by atoms with E-state index in [4.69, 9.17) is 33.4 Å². The lowest BCUT2D eigenvalue weighted by atomic mass is 9.92. The van der Waals surface area contributed by atoms with E-state index in [0.717, 1.165) is 77.0 Å². The Labute approximate surface area is 455 Å². The largest absolute Gasteiger partial charge is 0.465 e. The summed E-state index contributed by atoms with van der Waals surface area (Å²) in [5.74, 6) is -3.51. The van der Waals surface area contributed by atoms with Crippen molar-refractivity contribution >= 4 is 92.8 Å². The average molecular weight is 1120 g/mol. The predicted molar refractivity (Wildman–Crippen MR) is 281 cm³/mol. The third-order valence-corrected chi connectivity index (χ3v) is 15.1. The molecule has 0 radical (unpaired) electrons. The summed E-state index contributed by atoms with van der Waals surface area (Å²) in [5, 5.41) is 38.9. The SMILES string of the molecule is O=C(O)NC[C@@H](CC1CCCC1)C(=O)NNc1nc(Cl)nc(N2CCC[C@H]2Cn2nnc3cccnc32)c1F.O=C(O)NC[C@@H](CC1CCCC1)C(=O)NNc1nc(Cl)nc(N2CCC[C@H]2Cn2nnc3cccnc32)c1F. The minimum Gasteiger partial charge on any atom is -0.465 e. The highest BCUT2D eigenvalue weighted by Gasteiger charge is 2.34. The van der Waals surface area contributed by atoms with Crippen molar-refractivity contribution in [3.63, 3.8) is 0 Å². The summed E-state index contributed by atoms with van der Waals surface area (Å²) in [6.45, 7) is 1.86. The van der Waals surface area contributed by atoms with E-state index in [9.17, 15) is 19.2 Å². The number of carboxylic acid groups (broad SMARTS) is 2. The number of fused-ring (bicyclic) bond motifs is 2. The van der Waals surface area contributed by atoms with Gasteiger partial charge in [-0.1, -0.05) is 61.8 Å². The lowest BCUT2D eigenvalue weighted by Gasteiger charge is -2.26. The second-order valence-electron chi connectivity index (χ2n) is 19.9. The minimum absolute atomic E-state index is 0.0154. The fourth-order valence-corrected chi connectivity index (χ4v) is 11.3. The molecule has 6 aromatic rings. The van der Waals surface area contributed by atoms with Crippen molar-refractivity contribution in [3.05, 3.63) is 58.9 Å². The topological polar surface area (TPSA) is 326 Å². The van der Waals surface area contributed by atoms with E-state index in [2.05, 4.69) is 82.9 Å². The number of aromatic nitrogens is 12. The molecule has 8 N–H and O–H groups in total. The Bertz CT molecular complexity index is 2870. The molecule has 4 fully saturated rings. The van der Waals surface area contributed by atoms with Gasteiger partial charge >= 0.3 is 12.2 Å². The van der Waals surface area contributed by atoms with E-state index in [1.54, 1.807) is 33.9 Å².